The number of hydrogen-bond acceptors (Lipinski definition) is 6. The van der Waals surface area contributed by atoms with Gasteiger partial charge in [0.2, 0.25) is 0 Å². The number of fused-ring (bicyclic) bond motifs is 1. The molecule has 4 aromatic rings. The number of nitrogens with zero attached hydrogens (tertiary/aromatic N) is 3. The van der Waals surface area contributed by atoms with Crippen LogP contribution >= 0.6 is 22.7 Å². The van der Waals surface area contributed by atoms with Crippen LogP contribution in [0.4, 0.5) is 5.13 Å². The van der Waals surface area contributed by atoms with Crippen LogP contribution in [0.5, 0.6) is 0 Å². The van der Waals surface area contributed by atoms with E-state index in [0.29, 0.717) is 10.6 Å². The third-order valence-corrected chi connectivity index (χ3v) is 6.61. The van der Waals surface area contributed by atoms with Crippen molar-refractivity contribution in [1.29, 1.82) is 0 Å². The van der Waals surface area contributed by atoms with Crippen molar-refractivity contribution in [2.24, 2.45) is 12.0 Å². The molecule has 2 aromatic heterocycles. The van der Waals surface area contributed by atoms with Crippen LogP contribution < -0.4 is 9.37 Å². The molecule has 0 unspecified atom stereocenters. The summed E-state index contributed by atoms with van der Waals surface area (Å²) in [7, 11) is -2.53. The Labute approximate surface area is 164 Å². The Bertz CT molecular complexity index is 1290. The van der Waals surface area contributed by atoms with Gasteiger partial charge in [0.1, 0.15) is 15.6 Å². The summed E-state index contributed by atoms with van der Waals surface area (Å²) in [4.78, 5) is 5.39. The molecule has 0 spiro atoms. The van der Waals surface area contributed by atoms with Crippen LogP contribution in [0.3, 0.4) is 0 Å². The Hall–Kier alpha value is -2.33. The quantitative estimate of drug-likeness (QED) is 0.378. The fourth-order valence-electron chi connectivity index (χ4n) is 2.81. The third-order valence-electron chi connectivity index (χ3n) is 4.06. The maximum Gasteiger partial charge on any atom is 0.387 e. The van der Waals surface area contributed by atoms with E-state index >= 15 is 0 Å². The van der Waals surface area contributed by atoms with Gasteiger partial charge in [-0.15, -0.1) is 0 Å². The average Bonchev–Trinajstić information content (AvgIpc) is 3.16. The fourth-order valence-corrected chi connectivity index (χ4v) is 5.47. The lowest BCUT2D eigenvalue weighted by atomic mass is 10.2. The number of thiazole rings is 2. The predicted octanol–water partition coefficient (Wildman–Crippen LogP) is 2.99. The largest absolute Gasteiger partial charge is 0.745 e. The first-order valence-corrected chi connectivity index (χ1v) is 11.3. The van der Waals surface area contributed by atoms with Gasteiger partial charge in [0.25, 0.3) is 0 Å². The topological polar surface area (TPSA) is 78.4 Å². The molecule has 0 aliphatic rings. The van der Waals surface area contributed by atoms with Crippen molar-refractivity contribution < 1.29 is 17.5 Å². The Kier molecular flexibility index (Phi) is 4.68. The lowest BCUT2D eigenvalue weighted by Crippen LogP contribution is -2.37. The number of para-hydroxylation sites is 1. The predicted molar refractivity (Wildman–Crippen MR) is 106 cm³/mol. The van der Waals surface area contributed by atoms with E-state index in [1.807, 2.05) is 65.5 Å². The van der Waals surface area contributed by atoms with Crippen molar-refractivity contribution in [2.45, 2.75) is 5.88 Å². The minimum atomic E-state index is -4.44. The molecule has 6 nitrogen and oxygen atoms in total. The van der Waals surface area contributed by atoms with E-state index in [-0.39, 0.29) is 0 Å². The number of hydrogen-bond donors (Lipinski definition) is 0. The lowest BCUT2D eigenvalue weighted by Gasteiger charge is -2.04. The van der Waals surface area contributed by atoms with Gasteiger partial charge in [-0.2, -0.15) is 4.57 Å². The van der Waals surface area contributed by atoms with Gasteiger partial charge in [0.05, 0.1) is 10.4 Å². The number of benzene rings is 2. The van der Waals surface area contributed by atoms with Crippen LogP contribution in [0.15, 0.2) is 65.0 Å². The number of aromatic nitrogens is 2. The van der Waals surface area contributed by atoms with Gasteiger partial charge < -0.3 is 4.55 Å². The molecule has 138 valence electrons. The molecule has 4 rings (SSSR count). The monoisotopic (exact) mass is 417 g/mol. The smallest absolute Gasteiger partial charge is 0.387 e. The van der Waals surface area contributed by atoms with Gasteiger partial charge in [-0.25, -0.2) is 8.42 Å². The number of rotatable bonds is 4. The van der Waals surface area contributed by atoms with E-state index in [1.54, 1.807) is 6.07 Å². The van der Waals surface area contributed by atoms with Crippen molar-refractivity contribution in [1.82, 2.24) is 4.57 Å². The Morgan fingerprint density at radius 1 is 1.11 bits per heavy atom. The summed E-state index contributed by atoms with van der Waals surface area (Å²) in [5.41, 5.74) is 2.77. The zero-order chi connectivity index (χ0) is 19.0. The first-order chi connectivity index (χ1) is 12.9. The molecule has 27 heavy (non-hydrogen) atoms. The first kappa shape index (κ1) is 18.1. The zero-order valence-corrected chi connectivity index (χ0v) is 16.7. The summed E-state index contributed by atoms with van der Waals surface area (Å²) >= 11 is 2.82. The van der Waals surface area contributed by atoms with Crippen molar-refractivity contribution in [3.05, 3.63) is 64.8 Å². The van der Waals surface area contributed by atoms with E-state index in [9.17, 15) is 13.0 Å². The standard InChI is InChI=1S/C18H15N3O3S3/c1-20-15(13-7-3-2-4-8-13)11-25-17(20)19-18-21(12-27(22,23)24)14-9-5-6-10-16(14)26-18/h2-11H,12H2,1H3. The molecule has 9 heteroatoms. The molecular weight excluding hydrogens is 402 g/mol. The van der Waals surface area contributed by atoms with E-state index in [4.69, 9.17) is 0 Å². The SMILES string of the molecule is Cn1c(-c2ccccc2)csc1=Nc1sc2ccccc2[n+]1CS(=O)(=O)[O-]. The Morgan fingerprint density at radius 2 is 1.81 bits per heavy atom. The van der Waals surface area contributed by atoms with Crippen molar-refractivity contribution >= 4 is 48.1 Å². The maximum absolute atomic E-state index is 11.4. The second kappa shape index (κ2) is 7.01. The molecule has 0 radical (unpaired) electrons. The Morgan fingerprint density at radius 3 is 2.56 bits per heavy atom. The third kappa shape index (κ3) is 3.72. The van der Waals surface area contributed by atoms with Gasteiger partial charge >= 0.3 is 9.93 Å². The summed E-state index contributed by atoms with van der Waals surface area (Å²) < 4.78 is 38.5. The Balaban J connectivity index is 1.89. The first-order valence-electron chi connectivity index (χ1n) is 8.02. The highest BCUT2D eigenvalue weighted by Gasteiger charge is 2.21. The lowest BCUT2D eigenvalue weighted by molar-refractivity contribution is -0.634. The minimum Gasteiger partial charge on any atom is -0.745 e. The fraction of sp³-hybridized carbons (Fsp3) is 0.111. The molecule has 0 fully saturated rings. The molecule has 0 aliphatic carbocycles. The van der Waals surface area contributed by atoms with E-state index in [0.717, 1.165) is 20.8 Å². The highest BCUT2D eigenvalue weighted by atomic mass is 32.2. The molecule has 0 N–H and O–H groups in total. The van der Waals surface area contributed by atoms with Gasteiger partial charge in [-0.3, -0.25) is 4.57 Å². The highest BCUT2D eigenvalue weighted by Crippen LogP contribution is 2.26. The molecule has 0 saturated carbocycles. The van der Waals surface area contributed by atoms with Crippen LogP contribution in [-0.2, 0) is 23.0 Å². The van der Waals surface area contributed by atoms with E-state index in [2.05, 4.69) is 4.99 Å². The minimum absolute atomic E-state index is 0.479. The van der Waals surface area contributed by atoms with Crippen molar-refractivity contribution in [3.8, 4) is 11.3 Å². The van der Waals surface area contributed by atoms with E-state index in [1.165, 1.54) is 27.2 Å². The summed E-state index contributed by atoms with van der Waals surface area (Å²) in [6.45, 7) is 0. The molecule has 2 heterocycles. The molecule has 0 atom stereocenters. The summed E-state index contributed by atoms with van der Waals surface area (Å²) in [5.74, 6) is -0.642. The molecule has 0 saturated heterocycles. The van der Waals surface area contributed by atoms with Crippen LogP contribution in [0.25, 0.3) is 21.5 Å². The van der Waals surface area contributed by atoms with Gasteiger partial charge in [-0.05, 0) is 29.0 Å². The van der Waals surface area contributed by atoms with Crippen LogP contribution in [-0.4, -0.2) is 17.5 Å². The summed E-state index contributed by atoms with van der Waals surface area (Å²) in [6.07, 6.45) is 0. The van der Waals surface area contributed by atoms with Crippen LogP contribution in [0.2, 0.25) is 0 Å². The summed E-state index contributed by atoms with van der Waals surface area (Å²) in [6, 6.07) is 17.3. The zero-order valence-electron chi connectivity index (χ0n) is 14.3. The normalized spacial score (nSPS) is 12.7. The summed E-state index contributed by atoms with van der Waals surface area (Å²) in [5, 5.41) is 2.49. The molecule has 0 aliphatic heterocycles. The van der Waals surface area contributed by atoms with Crippen molar-refractivity contribution in [3.63, 3.8) is 0 Å². The van der Waals surface area contributed by atoms with Crippen molar-refractivity contribution in [2.75, 3.05) is 0 Å². The average molecular weight is 418 g/mol. The van der Waals surface area contributed by atoms with Gasteiger partial charge in [0, 0.05) is 17.4 Å². The molecule has 0 amide bonds. The maximum atomic E-state index is 11.4. The molecule has 0 bridgehead atoms. The van der Waals surface area contributed by atoms with Gasteiger partial charge in [0.15, 0.2) is 5.88 Å². The van der Waals surface area contributed by atoms with Crippen LogP contribution in [0.1, 0.15) is 0 Å². The second-order valence-corrected chi connectivity index (χ2v) is 9.13. The van der Waals surface area contributed by atoms with E-state index < -0.39 is 16.0 Å². The second-order valence-electron chi connectivity index (χ2n) is 5.91. The molecule has 2 aromatic carbocycles. The van der Waals surface area contributed by atoms with Crippen LogP contribution in [0, 0.1) is 0 Å². The highest BCUT2D eigenvalue weighted by molar-refractivity contribution is 7.84. The molecular formula is C18H15N3O3S3. The van der Waals surface area contributed by atoms with Gasteiger partial charge in [-0.1, -0.05) is 53.8 Å².